The smallest absolute Gasteiger partial charge is 0.204 e. The Hall–Kier alpha value is -1.61. The molecular formula is C15H14O2S. The number of fused-ring (bicyclic) bond motifs is 1. The summed E-state index contributed by atoms with van der Waals surface area (Å²) in [4.78, 5) is 14.7. The second-order valence-corrected chi connectivity index (χ2v) is 6.07. The fourth-order valence-electron chi connectivity index (χ4n) is 2.38. The highest BCUT2D eigenvalue weighted by Crippen LogP contribution is 2.31. The lowest BCUT2D eigenvalue weighted by Crippen LogP contribution is -2.25. The maximum absolute atomic E-state index is 12.4. The molecule has 2 aromatic rings. The van der Waals surface area contributed by atoms with Gasteiger partial charge in [0.05, 0.1) is 0 Å². The van der Waals surface area contributed by atoms with Crippen molar-refractivity contribution >= 4 is 17.1 Å². The van der Waals surface area contributed by atoms with E-state index in [9.17, 15) is 4.79 Å². The first-order chi connectivity index (χ1) is 8.65. The van der Waals surface area contributed by atoms with E-state index in [1.807, 2.05) is 44.2 Å². The van der Waals surface area contributed by atoms with Crippen LogP contribution in [0.25, 0.3) is 0 Å². The van der Waals surface area contributed by atoms with Gasteiger partial charge in [-0.15, -0.1) is 11.3 Å². The summed E-state index contributed by atoms with van der Waals surface area (Å²) in [7, 11) is 0. The molecule has 0 saturated heterocycles. The van der Waals surface area contributed by atoms with Gasteiger partial charge in [0.2, 0.25) is 5.78 Å². The summed E-state index contributed by atoms with van der Waals surface area (Å²) in [6, 6.07) is 9.83. The average Bonchev–Trinajstić information content (AvgIpc) is 2.91. The summed E-state index contributed by atoms with van der Waals surface area (Å²) in [5.41, 5.74) is 1.94. The Kier molecular flexibility index (Phi) is 2.71. The van der Waals surface area contributed by atoms with Crippen molar-refractivity contribution in [3.8, 4) is 5.75 Å². The van der Waals surface area contributed by atoms with Gasteiger partial charge in [-0.25, -0.2) is 0 Å². The lowest BCUT2D eigenvalue weighted by molar-refractivity contribution is 0.0824. The number of Topliss-reactive ketones (excluding diaryl/α,β-unsaturated/α-hetero) is 1. The van der Waals surface area contributed by atoms with E-state index in [1.165, 1.54) is 4.88 Å². The van der Waals surface area contributed by atoms with Crippen LogP contribution in [0, 0.1) is 13.8 Å². The van der Waals surface area contributed by atoms with Crippen LogP contribution in [0.4, 0.5) is 0 Å². The molecule has 2 nitrogen and oxygen atoms in total. The minimum Gasteiger partial charge on any atom is -0.482 e. The van der Waals surface area contributed by atoms with Crippen molar-refractivity contribution in [1.82, 2.24) is 0 Å². The Morgan fingerprint density at radius 2 is 2.11 bits per heavy atom. The van der Waals surface area contributed by atoms with Crippen molar-refractivity contribution < 1.29 is 9.53 Å². The number of para-hydroxylation sites is 1. The molecule has 1 aromatic heterocycles. The molecule has 1 unspecified atom stereocenters. The number of hydrogen-bond acceptors (Lipinski definition) is 3. The highest BCUT2D eigenvalue weighted by molar-refractivity contribution is 7.12. The van der Waals surface area contributed by atoms with Crippen LogP contribution in [0.2, 0.25) is 0 Å². The van der Waals surface area contributed by atoms with Gasteiger partial charge >= 0.3 is 0 Å². The van der Waals surface area contributed by atoms with Gasteiger partial charge in [-0.05, 0) is 31.5 Å². The molecule has 0 aliphatic carbocycles. The summed E-state index contributed by atoms with van der Waals surface area (Å²) in [6.07, 6.45) is 0.332. The lowest BCUT2D eigenvalue weighted by Gasteiger charge is -2.08. The van der Waals surface area contributed by atoms with E-state index in [0.717, 1.165) is 21.8 Å². The first-order valence-electron chi connectivity index (χ1n) is 6.01. The second-order valence-electron chi connectivity index (χ2n) is 4.61. The maximum Gasteiger partial charge on any atom is 0.204 e. The van der Waals surface area contributed by atoms with Crippen LogP contribution < -0.4 is 4.74 Å². The molecule has 1 aliphatic heterocycles. The van der Waals surface area contributed by atoms with E-state index in [0.29, 0.717) is 6.42 Å². The Bertz CT molecular complexity index is 588. The Morgan fingerprint density at radius 1 is 1.33 bits per heavy atom. The van der Waals surface area contributed by atoms with Crippen molar-refractivity contribution in [2.24, 2.45) is 0 Å². The largest absolute Gasteiger partial charge is 0.482 e. The van der Waals surface area contributed by atoms with Crippen LogP contribution in [0.5, 0.6) is 5.75 Å². The van der Waals surface area contributed by atoms with Gasteiger partial charge in [-0.3, -0.25) is 4.79 Å². The quantitative estimate of drug-likeness (QED) is 0.770. The molecule has 0 radical (unpaired) electrons. The SMILES string of the molecule is Cc1cc(C(=O)C2Cc3ccccc3O2)c(C)s1. The molecule has 2 heterocycles. The molecule has 1 atom stereocenters. The molecule has 0 amide bonds. The second kappa shape index (κ2) is 4.25. The van der Waals surface area contributed by atoms with Gasteiger partial charge in [0.15, 0.2) is 6.10 Å². The zero-order chi connectivity index (χ0) is 12.7. The number of thiophene rings is 1. The molecule has 0 fully saturated rings. The van der Waals surface area contributed by atoms with Crippen molar-refractivity contribution in [2.75, 3.05) is 0 Å². The third kappa shape index (κ3) is 1.85. The number of ketones is 1. The van der Waals surface area contributed by atoms with Crippen LogP contribution in [0.15, 0.2) is 30.3 Å². The molecule has 0 bridgehead atoms. The minimum absolute atomic E-state index is 0.105. The summed E-state index contributed by atoms with van der Waals surface area (Å²) < 4.78 is 5.74. The van der Waals surface area contributed by atoms with Gasteiger partial charge in [-0.2, -0.15) is 0 Å². The monoisotopic (exact) mass is 258 g/mol. The summed E-state index contributed by atoms with van der Waals surface area (Å²) >= 11 is 1.66. The van der Waals surface area contributed by atoms with Crippen LogP contribution in [-0.4, -0.2) is 11.9 Å². The number of benzene rings is 1. The van der Waals surface area contributed by atoms with E-state index in [4.69, 9.17) is 4.74 Å². The number of hydrogen-bond donors (Lipinski definition) is 0. The predicted molar refractivity (Wildman–Crippen MR) is 72.7 cm³/mol. The zero-order valence-corrected chi connectivity index (χ0v) is 11.2. The Morgan fingerprint density at radius 3 is 2.78 bits per heavy atom. The number of aryl methyl sites for hydroxylation is 2. The highest BCUT2D eigenvalue weighted by atomic mass is 32.1. The lowest BCUT2D eigenvalue weighted by atomic mass is 10.0. The number of carbonyl (C=O) groups is 1. The molecule has 3 rings (SSSR count). The molecule has 1 aromatic carbocycles. The average molecular weight is 258 g/mol. The van der Waals surface area contributed by atoms with E-state index >= 15 is 0 Å². The third-order valence-electron chi connectivity index (χ3n) is 3.25. The highest BCUT2D eigenvalue weighted by Gasteiger charge is 2.30. The molecule has 18 heavy (non-hydrogen) atoms. The molecule has 92 valence electrons. The molecule has 0 saturated carbocycles. The van der Waals surface area contributed by atoms with Crippen molar-refractivity contribution in [3.05, 3.63) is 51.2 Å². The topological polar surface area (TPSA) is 26.3 Å². The van der Waals surface area contributed by atoms with E-state index < -0.39 is 0 Å². The van der Waals surface area contributed by atoms with E-state index in [2.05, 4.69) is 0 Å². The van der Waals surface area contributed by atoms with Gasteiger partial charge in [-0.1, -0.05) is 18.2 Å². The standard InChI is InChI=1S/C15H14O2S/c1-9-7-12(10(2)18-9)15(16)14-8-11-5-3-4-6-13(11)17-14/h3-7,14H,8H2,1-2H3. The van der Waals surface area contributed by atoms with Crippen LogP contribution >= 0.6 is 11.3 Å². The molecule has 0 N–H and O–H groups in total. The first-order valence-corrected chi connectivity index (χ1v) is 6.82. The predicted octanol–water partition coefficient (Wildman–Crippen LogP) is 3.55. The van der Waals surface area contributed by atoms with Crippen molar-refractivity contribution in [1.29, 1.82) is 0 Å². The molecular weight excluding hydrogens is 244 g/mol. The van der Waals surface area contributed by atoms with Gasteiger partial charge < -0.3 is 4.74 Å². The molecule has 3 heteroatoms. The van der Waals surface area contributed by atoms with Crippen LogP contribution in [-0.2, 0) is 6.42 Å². The number of ether oxygens (including phenoxy) is 1. The minimum atomic E-state index is -0.352. The Balaban J connectivity index is 1.87. The third-order valence-corrected chi connectivity index (χ3v) is 4.21. The van der Waals surface area contributed by atoms with Crippen LogP contribution in [0.1, 0.15) is 25.7 Å². The van der Waals surface area contributed by atoms with E-state index in [1.54, 1.807) is 11.3 Å². The summed E-state index contributed by atoms with van der Waals surface area (Å²) in [6.45, 7) is 4.02. The molecule has 0 spiro atoms. The van der Waals surface area contributed by atoms with Crippen molar-refractivity contribution in [3.63, 3.8) is 0 Å². The van der Waals surface area contributed by atoms with Gasteiger partial charge in [0.1, 0.15) is 5.75 Å². The number of carbonyl (C=O) groups excluding carboxylic acids is 1. The summed E-state index contributed by atoms with van der Waals surface area (Å²) in [5.74, 6) is 0.952. The van der Waals surface area contributed by atoms with Crippen molar-refractivity contribution in [2.45, 2.75) is 26.4 Å². The zero-order valence-electron chi connectivity index (χ0n) is 10.4. The Labute approximate surface area is 110 Å². The molecule has 1 aliphatic rings. The normalized spacial score (nSPS) is 17.3. The fourth-order valence-corrected chi connectivity index (χ4v) is 3.31. The maximum atomic E-state index is 12.4. The number of rotatable bonds is 2. The van der Waals surface area contributed by atoms with Gasteiger partial charge in [0.25, 0.3) is 0 Å². The van der Waals surface area contributed by atoms with Gasteiger partial charge in [0, 0.05) is 21.7 Å². The summed E-state index contributed by atoms with van der Waals surface area (Å²) in [5, 5.41) is 0. The fraction of sp³-hybridized carbons (Fsp3) is 0.267. The van der Waals surface area contributed by atoms with E-state index in [-0.39, 0.29) is 11.9 Å². The van der Waals surface area contributed by atoms with Crippen LogP contribution in [0.3, 0.4) is 0 Å². The first kappa shape index (κ1) is 11.5.